The van der Waals surface area contributed by atoms with Gasteiger partial charge in [0.1, 0.15) is 0 Å². The number of alkyl halides is 1. The summed E-state index contributed by atoms with van der Waals surface area (Å²) >= 11 is 11.6. The smallest absolute Gasteiger partial charge is 0.229 e. The first-order valence-corrected chi connectivity index (χ1v) is 6.32. The number of aromatic nitrogens is 2. The third-order valence-electron chi connectivity index (χ3n) is 2.45. The van der Waals surface area contributed by atoms with E-state index in [4.69, 9.17) is 23.2 Å². The number of benzene rings is 1. The Morgan fingerprint density at radius 3 is 2.56 bits per heavy atom. The number of hydrogen-bond acceptors (Lipinski definition) is 3. The van der Waals surface area contributed by atoms with Crippen molar-refractivity contribution in [1.29, 1.82) is 0 Å². The number of carbonyl (C=O) groups is 1. The van der Waals surface area contributed by atoms with Crippen molar-refractivity contribution in [3.8, 4) is 0 Å². The lowest BCUT2D eigenvalue weighted by atomic mass is 10.2. The summed E-state index contributed by atoms with van der Waals surface area (Å²) in [5.41, 5.74) is 1.36. The van der Waals surface area contributed by atoms with Gasteiger partial charge >= 0.3 is 0 Å². The molecule has 0 radical (unpaired) electrons. The molecule has 0 aliphatic rings. The summed E-state index contributed by atoms with van der Waals surface area (Å²) in [5, 5.41) is 2.79. The van der Waals surface area contributed by atoms with Crippen LogP contribution in [0, 0.1) is 5.92 Å². The van der Waals surface area contributed by atoms with Crippen molar-refractivity contribution >= 4 is 46.0 Å². The molecule has 0 spiro atoms. The molecular formula is C12H11Cl2N3O. The average Bonchev–Trinajstić information content (AvgIpc) is 2.38. The highest BCUT2D eigenvalue weighted by molar-refractivity contribution is 6.32. The summed E-state index contributed by atoms with van der Waals surface area (Å²) in [4.78, 5) is 20.1. The highest BCUT2D eigenvalue weighted by Crippen LogP contribution is 2.21. The molecule has 0 bridgehead atoms. The number of amides is 1. The van der Waals surface area contributed by atoms with Gasteiger partial charge in [-0.15, -0.1) is 11.6 Å². The molecule has 1 aromatic carbocycles. The number of nitrogens with one attached hydrogen (secondary N) is 1. The standard InChI is InChI=1S/C12H11Cl2N3O/c1-7(6-13)12(18)17-11-10(14)15-8-4-2-3-5-9(8)16-11/h2-5,7H,6H2,1H3,(H,16,17,18). The van der Waals surface area contributed by atoms with E-state index < -0.39 is 0 Å². The van der Waals surface area contributed by atoms with E-state index in [0.29, 0.717) is 11.0 Å². The Labute approximate surface area is 114 Å². The van der Waals surface area contributed by atoms with Crippen LogP contribution in [-0.4, -0.2) is 21.8 Å². The molecule has 1 unspecified atom stereocenters. The Balaban J connectivity index is 2.33. The fraction of sp³-hybridized carbons (Fsp3) is 0.250. The summed E-state index contributed by atoms with van der Waals surface area (Å²) in [6.07, 6.45) is 0. The van der Waals surface area contributed by atoms with Crippen molar-refractivity contribution in [2.75, 3.05) is 11.2 Å². The van der Waals surface area contributed by atoms with Crippen molar-refractivity contribution in [1.82, 2.24) is 9.97 Å². The van der Waals surface area contributed by atoms with Crippen LogP contribution in [0.3, 0.4) is 0 Å². The molecule has 0 aliphatic carbocycles. The molecule has 1 heterocycles. The third kappa shape index (κ3) is 2.71. The molecule has 2 aromatic rings. The van der Waals surface area contributed by atoms with Crippen LogP contribution < -0.4 is 5.32 Å². The minimum Gasteiger partial charge on any atom is -0.308 e. The zero-order valence-corrected chi connectivity index (χ0v) is 11.2. The van der Waals surface area contributed by atoms with Crippen LogP contribution in [0.5, 0.6) is 0 Å². The maximum absolute atomic E-state index is 11.7. The van der Waals surface area contributed by atoms with E-state index in [1.54, 1.807) is 19.1 Å². The van der Waals surface area contributed by atoms with Gasteiger partial charge in [-0.25, -0.2) is 9.97 Å². The molecule has 94 valence electrons. The second kappa shape index (κ2) is 5.50. The molecule has 0 aliphatic heterocycles. The Morgan fingerprint density at radius 1 is 1.33 bits per heavy atom. The highest BCUT2D eigenvalue weighted by Gasteiger charge is 2.15. The minimum atomic E-state index is -0.309. The second-order valence-electron chi connectivity index (χ2n) is 3.90. The van der Waals surface area contributed by atoms with Gasteiger partial charge in [0.05, 0.1) is 11.0 Å². The molecule has 1 atom stereocenters. The van der Waals surface area contributed by atoms with Gasteiger partial charge in [0.2, 0.25) is 5.91 Å². The predicted octanol–water partition coefficient (Wildman–Crippen LogP) is 3.10. The van der Waals surface area contributed by atoms with Gasteiger partial charge in [-0.1, -0.05) is 30.7 Å². The van der Waals surface area contributed by atoms with E-state index in [9.17, 15) is 4.79 Å². The number of nitrogens with zero attached hydrogens (tertiary/aromatic N) is 2. The van der Waals surface area contributed by atoms with Crippen LogP contribution in [0.15, 0.2) is 24.3 Å². The minimum absolute atomic E-state index is 0.170. The van der Waals surface area contributed by atoms with Gasteiger partial charge in [-0.05, 0) is 12.1 Å². The van der Waals surface area contributed by atoms with E-state index in [1.807, 2.05) is 12.1 Å². The highest BCUT2D eigenvalue weighted by atomic mass is 35.5. The summed E-state index contributed by atoms with van der Waals surface area (Å²) in [7, 11) is 0. The summed E-state index contributed by atoms with van der Waals surface area (Å²) in [6, 6.07) is 7.31. The van der Waals surface area contributed by atoms with Crippen LogP contribution in [0.1, 0.15) is 6.92 Å². The van der Waals surface area contributed by atoms with Gasteiger partial charge in [0, 0.05) is 11.8 Å². The monoisotopic (exact) mass is 283 g/mol. The maximum Gasteiger partial charge on any atom is 0.229 e. The number of fused-ring (bicyclic) bond motifs is 1. The molecule has 1 amide bonds. The lowest BCUT2D eigenvalue weighted by molar-refractivity contribution is -0.118. The van der Waals surface area contributed by atoms with Gasteiger partial charge in [-0.3, -0.25) is 4.79 Å². The summed E-state index contributed by atoms with van der Waals surface area (Å²) in [5.74, 6) is -0.0328. The van der Waals surface area contributed by atoms with Crippen LogP contribution in [0.25, 0.3) is 11.0 Å². The Hall–Kier alpha value is -1.39. The predicted molar refractivity (Wildman–Crippen MR) is 73.1 cm³/mol. The van der Waals surface area contributed by atoms with Gasteiger partial charge in [0.15, 0.2) is 11.0 Å². The quantitative estimate of drug-likeness (QED) is 0.881. The molecule has 6 heteroatoms. The summed E-state index contributed by atoms with van der Waals surface area (Å²) in [6.45, 7) is 1.73. The van der Waals surface area contributed by atoms with E-state index in [2.05, 4.69) is 15.3 Å². The first kappa shape index (κ1) is 13.1. The molecular weight excluding hydrogens is 273 g/mol. The van der Waals surface area contributed by atoms with Crippen molar-refractivity contribution < 1.29 is 4.79 Å². The molecule has 0 fully saturated rings. The Kier molecular flexibility index (Phi) is 3.99. The SMILES string of the molecule is CC(CCl)C(=O)Nc1nc2ccccc2nc1Cl. The van der Waals surface area contributed by atoms with Crippen molar-refractivity contribution in [2.24, 2.45) is 5.92 Å². The van der Waals surface area contributed by atoms with E-state index in [1.165, 1.54) is 0 Å². The largest absolute Gasteiger partial charge is 0.308 e. The molecule has 18 heavy (non-hydrogen) atoms. The number of anilines is 1. The van der Waals surface area contributed by atoms with Crippen molar-refractivity contribution in [3.05, 3.63) is 29.4 Å². The van der Waals surface area contributed by atoms with Crippen LogP contribution >= 0.6 is 23.2 Å². The molecule has 4 nitrogen and oxygen atoms in total. The number of hydrogen-bond donors (Lipinski definition) is 1. The first-order chi connectivity index (χ1) is 8.61. The van der Waals surface area contributed by atoms with E-state index >= 15 is 0 Å². The zero-order chi connectivity index (χ0) is 13.1. The second-order valence-corrected chi connectivity index (χ2v) is 4.56. The summed E-state index contributed by atoms with van der Waals surface area (Å²) < 4.78 is 0. The zero-order valence-electron chi connectivity index (χ0n) is 9.65. The van der Waals surface area contributed by atoms with Gasteiger partial charge < -0.3 is 5.32 Å². The van der Waals surface area contributed by atoms with E-state index in [-0.39, 0.29) is 28.7 Å². The number of rotatable bonds is 3. The van der Waals surface area contributed by atoms with Crippen LogP contribution in [-0.2, 0) is 4.79 Å². The maximum atomic E-state index is 11.7. The third-order valence-corrected chi connectivity index (χ3v) is 3.18. The molecule has 1 N–H and O–H groups in total. The number of halogens is 2. The lowest BCUT2D eigenvalue weighted by Crippen LogP contribution is -2.22. The average molecular weight is 284 g/mol. The van der Waals surface area contributed by atoms with Crippen molar-refractivity contribution in [3.63, 3.8) is 0 Å². The fourth-order valence-corrected chi connectivity index (χ4v) is 1.69. The topological polar surface area (TPSA) is 54.9 Å². The molecule has 0 saturated carbocycles. The normalized spacial score (nSPS) is 12.4. The fourth-order valence-electron chi connectivity index (χ4n) is 1.37. The van der Waals surface area contributed by atoms with E-state index in [0.717, 1.165) is 0 Å². The van der Waals surface area contributed by atoms with Crippen molar-refractivity contribution in [2.45, 2.75) is 6.92 Å². The van der Waals surface area contributed by atoms with Crippen LogP contribution in [0.2, 0.25) is 5.15 Å². The Bertz CT molecular complexity index is 589. The number of carbonyl (C=O) groups excluding carboxylic acids is 1. The Morgan fingerprint density at radius 2 is 1.94 bits per heavy atom. The molecule has 0 saturated heterocycles. The number of para-hydroxylation sites is 2. The lowest BCUT2D eigenvalue weighted by Gasteiger charge is -2.10. The van der Waals surface area contributed by atoms with Gasteiger partial charge in [-0.2, -0.15) is 0 Å². The van der Waals surface area contributed by atoms with Gasteiger partial charge in [0.25, 0.3) is 0 Å². The van der Waals surface area contributed by atoms with Crippen LogP contribution in [0.4, 0.5) is 5.82 Å². The molecule has 2 rings (SSSR count). The first-order valence-electron chi connectivity index (χ1n) is 5.41. The molecule has 1 aromatic heterocycles.